The first-order valence-corrected chi connectivity index (χ1v) is 6.07. The van der Waals surface area contributed by atoms with Crippen molar-refractivity contribution in [3.63, 3.8) is 0 Å². The van der Waals surface area contributed by atoms with Crippen LogP contribution < -0.4 is 0 Å². The van der Waals surface area contributed by atoms with E-state index in [1.165, 1.54) is 11.8 Å². The minimum atomic E-state index is -0.202. The largest absolute Gasteiger partial charge is 0.215 e. The number of nitriles is 1. The van der Waals surface area contributed by atoms with Gasteiger partial charge in [0.25, 0.3) is 0 Å². The van der Waals surface area contributed by atoms with Gasteiger partial charge in [-0.05, 0) is 41.6 Å². The van der Waals surface area contributed by atoms with Crippen molar-refractivity contribution in [1.82, 2.24) is 20.2 Å². The molecule has 5 nitrogen and oxygen atoms in total. The highest BCUT2D eigenvalue weighted by Gasteiger charge is 2.12. The second-order valence-electron chi connectivity index (χ2n) is 3.24. The molecule has 1 aromatic heterocycles. The molecule has 2 rings (SSSR count). The standard InChI is InChI=1S/C10H8ClN5S/c1-7(6-12)17-10-13-14-15-16(10)9-4-2-8(11)3-5-9/h2-5,7H,1H3/t7-/m1/s1. The van der Waals surface area contributed by atoms with Crippen molar-refractivity contribution in [2.45, 2.75) is 17.3 Å². The van der Waals surface area contributed by atoms with Crippen LogP contribution in [0.4, 0.5) is 0 Å². The molecule has 1 heterocycles. The molecule has 0 aliphatic carbocycles. The van der Waals surface area contributed by atoms with Gasteiger partial charge < -0.3 is 0 Å². The van der Waals surface area contributed by atoms with Gasteiger partial charge in [0.1, 0.15) is 0 Å². The lowest BCUT2D eigenvalue weighted by Crippen LogP contribution is -2.01. The molecule has 0 bridgehead atoms. The molecule has 0 saturated carbocycles. The summed E-state index contributed by atoms with van der Waals surface area (Å²) in [5.74, 6) is 0. The highest BCUT2D eigenvalue weighted by Crippen LogP contribution is 2.22. The van der Waals surface area contributed by atoms with E-state index < -0.39 is 0 Å². The van der Waals surface area contributed by atoms with E-state index in [1.54, 1.807) is 23.7 Å². The maximum atomic E-state index is 8.77. The van der Waals surface area contributed by atoms with Crippen LogP contribution in [-0.4, -0.2) is 25.5 Å². The van der Waals surface area contributed by atoms with Gasteiger partial charge in [-0.1, -0.05) is 23.4 Å². The van der Waals surface area contributed by atoms with Crippen LogP contribution in [0.3, 0.4) is 0 Å². The quantitative estimate of drug-likeness (QED) is 0.797. The van der Waals surface area contributed by atoms with Crippen LogP contribution in [-0.2, 0) is 0 Å². The van der Waals surface area contributed by atoms with Gasteiger partial charge in [-0.3, -0.25) is 0 Å². The van der Waals surface area contributed by atoms with E-state index in [0.717, 1.165) is 5.69 Å². The second kappa shape index (κ2) is 5.17. The first-order valence-electron chi connectivity index (χ1n) is 4.81. The van der Waals surface area contributed by atoms with Crippen molar-refractivity contribution in [3.8, 4) is 11.8 Å². The van der Waals surface area contributed by atoms with Crippen molar-refractivity contribution in [3.05, 3.63) is 29.3 Å². The predicted octanol–water partition coefficient (Wildman–Crippen LogP) is 2.32. The SMILES string of the molecule is C[C@H](C#N)Sc1nnnn1-c1ccc(Cl)cc1. The van der Waals surface area contributed by atoms with E-state index in [2.05, 4.69) is 21.6 Å². The van der Waals surface area contributed by atoms with Gasteiger partial charge in [-0.2, -0.15) is 9.94 Å². The number of hydrogen-bond donors (Lipinski definition) is 0. The molecule has 0 N–H and O–H groups in total. The molecule has 17 heavy (non-hydrogen) atoms. The topological polar surface area (TPSA) is 67.4 Å². The predicted molar refractivity (Wildman–Crippen MR) is 65.1 cm³/mol. The molecule has 1 aromatic carbocycles. The van der Waals surface area contributed by atoms with Gasteiger partial charge in [0, 0.05) is 5.02 Å². The lowest BCUT2D eigenvalue weighted by atomic mass is 10.3. The van der Waals surface area contributed by atoms with Crippen LogP contribution in [0.1, 0.15) is 6.92 Å². The number of rotatable bonds is 3. The van der Waals surface area contributed by atoms with E-state index in [1.807, 2.05) is 12.1 Å². The summed E-state index contributed by atoms with van der Waals surface area (Å²) in [5, 5.41) is 21.2. The van der Waals surface area contributed by atoms with E-state index in [-0.39, 0.29) is 5.25 Å². The molecule has 0 amide bonds. The van der Waals surface area contributed by atoms with Crippen molar-refractivity contribution in [2.24, 2.45) is 0 Å². The molecule has 0 aliphatic rings. The summed E-state index contributed by atoms with van der Waals surface area (Å²) in [5.41, 5.74) is 0.812. The second-order valence-corrected chi connectivity index (χ2v) is 4.98. The fourth-order valence-electron chi connectivity index (χ4n) is 1.18. The Kier molecular flexibility index (Phi) is 3.61. The van der Waals surface area contributed by atoms with Gasteiger partial charge in [-0.15, -0.1) is 5.10 Å². The van der Waals surface area contributed by atoms with Gasteiger partial charge in [-0.25, -0.2) is 0 Å². The summed E-state index contributed by atoms with van der Waals surface area (Å²) in [6, 6.07) is 9.29. The third kappa shape index (κ3) is 2.75. The van der Waals surface area contributed by atoms with E-state index in [0.29, 0.717) is 10.2 Å². The lowest BCUT2D eigenvalue weighted by Gasteiger charge is -2.04. The zero-order chi connectivity index (χ0) is 12.3. The van der Waals surface area contributed by atoms with E-state index in [4.69, 9.17) is 16.9 Å². The summed E-state index contributed by atoms with van der Waals surface area (Å²) in [6.07, 6.45) is 0. The third-order valence-electron chi connectivity index (χ3n) is 1.98. The van der Waals surface area contributed by atoms with Crippen molar-refractivity contribution >= 4 is 23.4 Å². The third-order valence-corrected chi connectivity index (χ3v) is 3.15. The zero-order valence-corrected chi connectivity index (χ0v) is 10.5. The number of nitrogens with zero attached hydrogens (tertiary/aromatic N) is 5. The fourth-order valence-corrected chi connectivity index (χ4v) is 2.00. The highest BCUT2D eigenvalue weighted by atomic mass is 35.5. The molecule has 0 aliphatic heterocycles. The molecule has 86 valence electrons. The summed E-state index contributed by atoms with van der Waals surface area (Å²) >= 11 is 7.12. The Balaban J connectivity index is 2.31. The normalized spacial score (nSPS) is 12.1. The Morgan fingerprint density at radius 3 is 2.76 bits per heavy atom. The number of benzene rings is 1. The van der Waals surface area contributed by atoms with Gasteiger partial charge in [0.2, 0.25) is 5.16 Å². The molecule has 0 spiro atoms. The summed E-state index contributed by atoms with van der Waals surface area (Å²) in [4.78, 5) is 0. The van der Waals surface area contributed by atoms with Crippen LogP contribution in [0.15, 0.2) is 29.4 Å². The Labute approximate surface area is 107 Å². The van der Waals surface area contributed by atoms with Crippen LogP contribution >= 0.6 is 23.4 Å². The van der Waals surface area contributed by atoms with Crippen LogP contribution in [0, 0.1) is 11.3 Å². The maximum Gasteiger partial charge on any atom is 0.215 e. The van der Waals surface area contributed by atoms with Gasteiger partial charge in [0.15, 0.2) is 0 Å². The minimum Gasteiger partial charge on any atom is -0.197 e. The highest BCUT2D eigenvalue weighted by molar-refractivity contribution is 8.00. The Bertz CT molecular complexity index is 545. The molecule has 0 saturated heterocycles. The lowest BCUT2D eigenvalue weighted by molar-refractivity contribution is 0.756. The van der Waals surface area contributed by atoms with E-state index in [9.17, 15) is 0 Å². The number of hydrogen-bond acceptors (Lipinski definition) is 5. The van der Waals surface area contributed by atoms with Crippen LogP contribution in [0.5, 0.6) is 0 Å². The van der Waals surface area contributed by atoms with Crippen molar-refractivity contribution in [2.75, 3.05) is 0 Å². The smallest absolute Gasteiger partial charge is 0.197 e. The summed E-state index contributed by atoms with van der Waals surface area (Å²) in [7, 11) is 0. The first kappa shape index (κ1) is 11.9. The summed E-state index contributed by atoms with van der Waals surface area (Å²) < 4.78 is 1.58. The molecule has 0 radical (unpaired) electrons. The number of halogens is 1. The Morgan fingerprint density at radius 1 is 1.41 bits per heavy atom. The molecular weight excluding hydrogens is 258 g/mol. The Hall–Kier alpha value is -1.58. The molecule has 0 unspecified atom stereocenters. The molecular formula is C10H8ClN5S. The van der Waals surface area contributed by atoms with Crippen LogP contribution in [0.25, 0.3) is 5.69 Å². The average molecular weight is 266 g/mol. The molecule has 0 fully saturated rings. The van der Waals surface area contributed by atoms with Crippen LogP contribution in [0.2, 0.25) is 5.02 Å². The maximum absolute atomic E-state index is 8.77. The first-order chi connectivity index (χ1) is 8.20. The average Bonchev–Trinajstić information content (AvgIpc) is 2.78. The van der Waals surface area contributed by atoms with Gasteiger partial charge in [0.05, 0.1) is 17.0 Å². The summed E-state index contributed by atoms with van der Waals surface area (Å²) in [6.45, 7) is 1.80. The number of aromatic nitrogens is 4. The number of thioether (sulfide) groups is 1. The minimum absolute atomic E-state index is 0.202. The zero-order valence-electron chi connectivity index (χ0n) is 8.91. The van der Waals surface area contributed by atoms with Crippen molar-refractivity contribution < 1.29 is 0 Å². The van der Waals surface area contributed by atoms with E-state index >= 15 is 0 Å². The molecule has 2 aromatic rings. The monoisotopic (exact) mass is 265 g/mol. The van der Waals surface area contributed by atoms with Gasteiger partial charge >= 0.3 is 0 Å². The fraction of sp³-hybridized carbons (Fsp3) is 0.200. The Morgan fingerprint density at radius 2 is 2.12 bits per heavy atom. The van der Waals surface area contributed by atoms with Crippen molar-refractivity contribution in [1.29, 1.82) is 5.26 Å². The molecule has 1 atom stereocenters. The molecule has 7 heteroatoms. The number of tetrazole rings is 1.